The van der Waals surface area contributed by atoms with E-state index in [2.05, 4.69) is 31.6 Å². The van der Waals surface area contributed by atoms with E-state index in [4.69, 9.17) is 4.74 Å². The van der Waals surface area contributed by atoms with E-state index in [1.54, 1.807) is 12.3 Å². The highest BCUT2D eigenvalue weighted by Gasteiger charge is 2.31. The van der Waals surface area contributed by atoms with Crippen molar-refractivity contribution in [1.29, 1.82) is 0 Å². The molecular formula is C31H28F3N5O2. The fraction of sp³-hybridized carbons (Fsp3) is 0.290. The number of ether oxygens (including phenoxy) is 1. The summed E-state index contributed by atoms with van der Waals surface area (Å²) in [7, 11) is 0. The predicted molar refractivity (Wildman–Crippen MR) is 147 cm³/mol. The second-order valence-electron chi connectivity index (χ2n) is 10.5. The van der Waals surface area contributed by atoms with Gasteiger partial charge in [-0.3, -0.25) is 14.9 Å². The first-order chi connectivity index (χ1) is 19.8. The fourth-order valence-corrected chi connectivity index (χ4v) is 5.04. The van der Waals surface area contributed by atoms with E-state index in [1.807, 2.05) is 36.5 Å². The van der Waals surface area contributed by atoms with Crippen molar-refractivity contribution in [3.63, 3.8) is 0 Å². The Morgan fingerprint density at radius 3 is 2.51 bits per heavy atom. The summed E-state index contributed by atoms with van der Waals surface area (Å²) in [5, 5.41) is 10.4. The van der Waals surface area contributed by atoms with Crippen LogP contribution in [0.5, 0.6) is 11.6 Å². The van der Waals surface area contributed by atoms with Crippen LogP contribution in [0.2, 0.25) is 0 Å². The molecule has 1 aromatic carbocycles. The van der Waals surface area contributed by atoms with Crippen molar-refractivity contribution in [2.45, 2.75) is 56.7 Å². The molecule has 0 aliphatic heterocycles. The Morgan fingerprint density at radius 1 is 1.00 bits per heavy atom. The summed E-state index contributed by atoms with van der Waals surface area (Å²) in [6, 6.07) is 13.3. The highest BCUT2D eigenvalue weighted by molar-refractivity contribution is 5.94. The molecule has 10 heteroatoms. The van der Waals surface area contributed by atoms with Crippen LogP contribution in [0.1, 0.15) is 71.6 Å². The van der Waals surface area contributed by atoms with Crippen molar-refractivity contribution in [3.05, 3.63) is 95.1 Å². The van der Waals surface area contributed by atoms with E-state index < -0.39 is 11.7 Å². The zero-order chi connectivity index (χ0) is 28.4. The number of rotatable bonds is 7. The third-order valence-electron chi connectivity index (χ3n) is 7.41. The van der Waals surface area contributed by atoms with E-state index in [0.717, 1.165) is 73.3 Å². The van der Waals surface area contributed by atoms with Gasteiger partial charge < -0.3 is 10.1 Å². The molecule has 210 valence electrons. The SMILES string of the molecule is O=C(NC1CCC(=Cc2cccc(Oc3ccc(C(F)(F)F)cn3)c2)CC1)c1ccc(-c2c[nH]nc2C2CC2)nc1. The number of amides is 1. The number of nitrogens with zero attached hydrogens (tertiary/aromatic N) is 3. The van der Waals surface area contributed by atoms with Crippen LogP contribution in [-0.4, -0.2) is 32.1 Å². The van der Waals surface area contributed by atoms with Gasteiger partial charge in [-0.05, 0) is 74.4 Å². The number of nitrogens with one attached hydrogen (secondary N) is 2. The molecule has 4 aromatic rings. The van der Waals surface area contributed by atoms with Gasteiger partial charge in [-0.1, -0.05) is 23.8 Å². The summed E-state index contributed by atoms with van der Waals surface area (Å²) < 4.78 is 44.0. The molecule has 0 bridgehead atoms. The van der Waals surface area contributed by atoms with Gasteiger partial charge in [0.2, 0.25) is 5.88 Å². The number of pyridine rings is 2. The molecule has 2 aliphatic carbocycles. The molecule has 1 amide bonds. The molecular weight excluding hydrogens is 531 g/mol. The van der Waals surface area contributed by atoms with Gasteiger partial charge in [0.25, 0.3) is 5.91 Å². The monoisotopic (exact) mass is 559 g/mol. The van der Waals surface area contributed by atoms with Crippen LogP contribution in [-0.2, 0) is 6.18 Å². The molecule has 0 spiro atoms. The highest BCUT2D eigenvalue weighted by atomic mass is 19.4. The first kappa shape index (κ1) is 26.7. The number of allylic oxidation sites excluding steroid dienone is 1. The predicted octanol–water partition coefficient (Wildman–Crippen LogP) is 7.31. The topological polar surface area (TPSA) is 92.8 Å². The average molecular weight is 560 g/mol. The Morgan fingerprint density at radius 2 is 1.83 bits per heavy atom. The molecule has 0 saturated heterocycles. The number of hydrogen-bond donors (Lipinski definition) is 2. The number of carbonyl (C=O) groups is 1. The zero-order valence-electron chi connectivity index (χ0n) is 22.1. The van der Waals surface area contributed by atoms with Crippen LogP contribution in [0.15, 0.2) is 72.7 Å². The van der Waals surface area contributed by atoms with Gasteiger partial charge in [0, 0.05) is 42.2 Å². The molecule has 2 fully saturated rings. The lowest BCUT2D eigenvalue weighted by molar-refractivity contribution is -0.137. The van der Waals surface area contributed by atoms with Crippen molar-refractivity contribution in [2.75, 3.05) is 0 Å². The normalized spacial score (nSPS) is 17.2. The largest absolute Gasteiger partial charge is 0.439 e. The number of aromatic nitrogens is 4. The van der Waals surface area contributed by atoms with Crippen molar-refractivity contribution in [3.8, 4) is 22.9 Å². The quantitative estimate of drug-likeness (QED) is 0.248. The minimum absolute atomic E-state index is 0.0788. The second-order valence-corrected chi connectivity index (χ2v) is 10.5. The number of hydrogen-bond acceptors (Lipinski definition) is 5. The Kier molecular flexibility index (Phi) is 7.30. The van der Waals surface area contributed by atoms with Crippen LogP contribution in [0, 0.1) is 0 Å². The molecule has 41 heavy (non-hydrogen) atoms. The number of benzene rings is 1. The summed E-state index contributed by atoms with van der Waals surface area (Å²) in [6.07, 6.45) is 7.56. The lowest BCUT2D eigenvalue weighted by Gasteiger charge is -2.25. The van der Waals surface area contributed by atoms with E-state index in [-0.39, 0.29) is 17.8 Å². The average Bonchev–Trinajstić information content (AvgIpc) is 3.70. The zero-order valence-corrected chi connectivity index (χ0v) is 22.1. The number of H-pyrrole nitrogens is 1. The first-order valence-corrected chi connectivity index (χ1v) is 13.6. The molecule has 3 heterocycles. The van der Waals surface area contributed by atoms with Gasteiger partial charge in [0.1, 0.15) is 5.75 Å². The standard InChI is InChI=1S/C31H28F3N5O2/c32-31(33,34)23-9-13-28(36-17-23)41-25-3-1-2-20(15-25)14-19-4-10-24(11-5-19)38-30(40)22-8-12-27(35-16-22)26-18-37-39-29(26)21-6-7-21/h1-3,8-9,12-18,21,24H,4-7,10-11H2,(H,37,39)(H,38,40). The van der Waals surface area contributed by atoms with Crippen molar-refractivity contribution < 1.29 is 22.7 Å². The molecule has 0 radical (unpaired) electrons. The van der Waals surface area contributed by atoms with Gasteiger partial charge in [-0.25, -0.2) is 4.98 Å². The van der Waals surface area contributed by atoms with Gasteiger partial charge >= 0.3 is 6.18 Å². The Labute approximate surface area is 234 Å². The third kappa shape index (κ3) is 6.48. The molecule has 2 saturated carbocycles. The number of carbonyl (C=O) groups excluding carboxylic acids is 1. The minimum atomic E-state index is -4.44. The Hall–Kier alpha value is -4.47. The Bertz CT molecular complexity index is 1550. The van der Waals surface area contributed by atoms with E-state index in [9.17, 15) is 18.0 Å². The third-order valence-corrected chi connectivity index (χ3v) is 7.41. The maximum Gasteiger partial charge on any atom is 0.417 e. The first-order valence-electron chi connectivity index (χ1n) is 13.6. The lowest BCUT2D eigenvalue weighted by Crippen LogP contribution is -2.36. The van der Waals surface area contributed by atoms with Crippen molar-refractivity contribution in [1.82, 2.24) is 25.5 Å². The maximum absolute atomic E-state index is 12.9. The fourth-order valence-electron chi connectivity index (χ4n) is 5.04. The molecule has 0 unspecified atom stereocenters. The summed E-state index contributed by atoms with van der Waals surface area (Å²) in [4.78, 5) is 21.2. The highest BCUT2D eigenvalue weighted by Crippen LogP contribution is 2.42. The van der Waals surface area contributed by atoms with E-state index in [0.29, 0.717) is 17.2 Å². The number of aromatic amines is 1. The van der Waals surface area contributed by atoms with Gasteiger partial charge in [-0.15, -0.1) is 0 Å². The summed E-state index contributed by atoms with van der Waals surface area (Å²) in [5.74, 6) is 0.962. The molecule has 0 atom stereocenters. The Balaban J connectivity index is 1.02. The second kappa shape index (κ2) is 11.2. The van der Waals surface area contributed by atoms with Crippen molar-refractivity contribution >= 4 is 12.0 Å². The summed E-state index contributed by atoms with van der Waals surface area (Å²) >= 11 is 0. The van der Waals surface area contributed by atoms with E-state index in [1.165, 1.54) is 11.6 Å². The summed E-state index contributed by atoms with van der Waals surface area (Å²) in [6.45, 7) is 0. The van der Waals surface area contributed by atoms with Gasteiger partial charge in [0.05, 0.1) is 22.5 Å². The van der Waals surface area contributed by atoms with Gasteiger partial charge in [-0.2, -0.15) is 18.3 Å². The molecule has 6 rings (SSSR count). The van der Waals surface area contributed by atoms with Crippen molar-refractivity contribution in [2.24, 2.45) is 0 Å². The molecule has 3 aromatic heterocycles. The molecule has 2 aliphatic rings. The number of alkyl halides is 3. The number of halogens is 3. The maximum atomic E-state index is 12.9. The minimum Gasteiger partial charge on any atom is -0.439 e. The lowest BCUT2D eigenvalue weighted by atomic mass is 9.89. The van der Waals surface area contributed by atoms with E-state index >= 15 is 0 Å². The summed E-state index contributed by atoms with van der Waals surface area (Å²) in [5.41, 5.74) is 4.77. The van der Waals surface area contributed by atoms with Crippen LogP contribution in [0.25, 0.3) is 17.3 Å². The molecule has 7 nitrogen and oxygen atoms in total. The van der Waals surface area contributed by atoms with Crippen LogP contribution in [0.3, 0.4) is 0 Å². The van der Waals surface area contributed by atoms with Crippen LogP contribution in [0.4, 0.5) is 13.2 Å². The smallest absolute Gasteiger partial charge is 0.417 e. The molecule has 2 N–H and O–H groups in total. The van der Waals surface area contributed by atoms with Crippen LogP contribution < -0.4 is 10.1 Å². The van der Waals surface area contributed by atoms with Crippen LogP contribution >= 0.6 is 0 Å². The van der Waals surface area contributed by atoms with Gasteiger partial charge in [0.15, 0.2) is 0 Å².